The van der Waals surface area contributed by atoms with E-state index in [0.717, 1.165) is 12.1 Å². The van der Waals surface area contributed by atoms with E-state index >= 15 is 0 Å². The average Bonchev–Trinajstić information content (AvgIpc) is 2.59. The van der Waals surface area contributed by atoms with Crippen molar-refractivity contribution in [2.24, 2.45) is 0 Å². The average molecular weight is 353 g/mol. The van der Waals surface area contributed by atoms with Crippen molar-refractivity contribution >= 4 is 11.6 Å². The van der Waals surface area contributed by atoms with Crippen LogP contribution in [0.1, 0.15) is 18.9 Å². The molecule has 1 amide bonds. The van der Waals surface area contributed by atoms with Crippen LogP contribution in [0.2, 0.25) is 0 Å². The van der Waals surface area contributed by atoms with Gasteiger partial charge in [0.25, 0.3) is 5.91 Å². The largest absolute Gasteiger partial charge is 0.493 e. The molecule has 0 heterocycles. The second-order valence-electron chi connectivity index (χ2n) is 5.23. The van der Waals surface area contributed by atoms with Crippen LogP contribution in [0.5, 0.6) is 11.5 Å². The fraction of sp³-hybridized carbons (Fsp3) is 0.278. The van der Waals surface area contributed by atoms with E-state index in [4.69, 9.17) is 9.47 Å². The van der Waals surface area contributed by atoms with Crippen molar-refractivity contribution in [3.63, 3.8) is 0 Å². The molecule has 0 bridgehead atoms. The molecule has 4 nitrogen and oxygen atoms in total. The minimum Gasteiger partial charge on any atom is -0.493 e. The molecule has 7 heteroatoms. The summed E-state index contributed by atoms with van der Waals surface area (Å²) in [5.74, 6) is 0.316. The van der Waals surface area contributed by atoms with Crippen LogP contribution < -0.4 is 14.8 Å². The number of alkyl halides is 3. The Bertz CT molecular complexity index is 732. The first-order valence-electron chi connectivity index (χ1n) is 7.63. The van der Waals surface area contributed by atoms with E-state index < -0.39 is 23.8 Å². The Morgan fingerprint density at radius 2 is 1.80 bits per heavy atom. The maximum absolute atomic E-state index is 12.7. The standard InChI is InChI=1S/C18H18F3NO3/c1-3-14(25-16-10-5-4-9-15(16)24-2)17(23)22-13-8-6-7-12(11-13)18(19,20)21/h4-11,14H,3H2,1-2H3,(H,22,23). The normalized spacial score (nSPS) is 12.4. The monoisotopic (exact) mass is 353 g/mol. The number of hydrogen-bond donors (Lipinski definition) is 1. The number of para-hydroxylation sites is 2. The van der Waals surface area contributed by atoms with Gasteiger partial charge in [-0.1, -0.05) is 25.1 Å². The van der Waals surface area contributed by atoms with Gasteiger partial charge in [-0.25, -0.2) is 0 Å². The molecule has 1 unspecified atom stereocenters. The van der Waals surface area contributed by atoms with E-state index in [-0.39, 0.29) is 5.69 Å². The van der Waals surface area contributed by atoms with Gasteiger partial charge in [-0.3, -0.25) is 4.79 Å². The van der Waals surface area contributed by atoms with Crippen LogP contribution in [0.25, 0.3) is 0 Å². The van der Waals surface area contributed by atoms with Crippen LogP contribution in [-0.2, 0) is 11.0 Å². The fourth-order valence-electron chi connectivity index (χ4n) is 2.19. The van der Waals surface area contributed by atoms with Gasteiger partial charge in [0.05, 0.1) is 12.7 Å². The second-order valence-corrected chi connectivity index (χ2v) is 5.23. The Morgan fingerprint density at radius 1 is 1.12 bits per heavy atom. The van der Waals surface area contributed by atoms with Gasteiger partial charge >= 0.3 is 6.18 Å². The zero-order chi connectivity index (χ0) is 18.4. The number of carbonyl (C=O) groups is 1. The molecule has 0 aliphatic heterocycles. The lowest BCUT2D eigenvalue weighted by atomic mass is 10.2. The molecular weight excluding hydrogens is 335 g/mol. The second kappa shape index (κ2) is 7.92. The van der Waals surface area contributed by atoms with E-state index in [1.54, 1.807) is 31.2 Å². The number of methoxy groups -OCH3 is 1. The Morgan fingerprint density at radius 3 is 2.40 bits per heavy atom. The summed E-state index contributed by atoms with van der Waals surface area (Å²) in [7, 11) is 1.48. The third kappa shape index (κ3) is 4.89. The van der Waals surface area contributed by atoms with E-state index in [0.29, 0.717) is 17.9 Å². The van der Waals surface area contributed by atoms with Crippen molar-refractivity contribution < 1.29 is 27.4 Å². The van der Waals surface area contributed by atoms with Crippen LogP contribution >= 0.6 is 0 Å². The molecule has 0 aliphatic carbocycles. The maximum atomic E-state index is 12.7. The van der Waals surface area contributed by atoms with Gasteiger partial charge in [-0.05, 0) is 36.8 Å². The number of hydrogen-bond acceptors (Lipinski definition) is 3. The molecule has 0 aliphatic rings. The summed E-state index contributed by atoms with van der Waals surface area (Å²) in [5, 5.41) is 2.46. The molecule has 0 radical (unpaired) electrons. The van der Waals surface area contributed by atoms with Crippen LogP contribution in [-0.4, -0.2) is 19.1 Å². The molecule has 2 aromatic rings. The minimum absolute atomic E-state index is 0.0573. The van der Waals surface area contributed by atoms with Gasteiger partial charge in [0, 0.05) is 5.69 Å². The van der Waals surface area contributed by atoms with Gasteiger partial charge in [0.15, 0.2) is 17.6 Å². The lowest BCUT2D eigenvalue weighted by Crippen LogP contribution is -2.32. The van der Waals surface area contributed by atoms with Gasteiger partial charge < -0.3 is 14.8 Å². The molecule has 0 saturated carbocycles. The maximum Gasteiger partial charge on any atom is 0.416 e. The number of amides is 1. The summed E-state index contributed by atoms with van der Waals surface area (Å²) in [4.78, 5) is 12.4. The molecule has 134 valence electrons. The zero-order valence-electron chi connectivity index (χ0n) is 13.8. The predicted octanol–water partition coefficient (Wildman–Crippen LogP) is 4.51. The van der Waals surface area contributed by atoms with Crippen LogP contribution in [0.4, 0.5) is 18.9 Å². The van der Waals surface area contributed by atoms with Crippen molar-refractivity contribution in [2.75, 3.05) is 12.4 Å². The van der Waals surface area contributed by atoms with Gasteiger partial charge in [-0.15, -0.1) is 0 Å². The zero-order valence-corrected chi connectivity index (χ0v) is 13.8. The van der Waals surface area contributed by atoms with Crippen LogP contribution in [0.15, 0.2) is 48.5 Å². The van der Waals surface area contributed by atoms with Crippen molar-refractivity contribution in [3.8, 4) is 11.5 Å². The lowest BCUT2D eigenvalue weighted by Gasteiger charge is -2.19. The summed E-state index contributed by atoms with van der Waals surface area (Å²) >= 11 is 0. The summed E-state index contributed by atoms with van der Waals surface area (Å²) < 4.78 is 49.1. The molecular formula is C18H18F3NO3. The van der Waals surface area contributed by atoms with E-state index in [2.05, 4.69) is 5.32 Å². The number of anilines is 1. The molecule has 0 spiro atoms. The highest BCUT2D eigenvalue weighted by molar-refractivity contribution is 5.94. The number of ether oxygens (including phenoxy) is 2. The number of rotatable bonds is 6. The first-order chi connectivity index (χ1) is 11.8. The van der Waals surface area contributed by atoms with Gasteiger partial charge in [-0.2, -0.15) is 13.2 Å². The van der Waals surface area contributed by atoms with E-state index in [1.165, 1.54) is 19.2 Å². The summed E-state index contributed by atoms with van der Waals surface area (Å²) in [6.07, 6.45) is -5.01. The number of carbonyl (C=O) groups excluding carboxylic acids is 1. The SMILES string of the molecule is CCC(Oc1ccccc1OC)C(=O)Nc1cccc(C(F)(F)F)c1. The van der Waals surface area contributed by atoms with Crippen molar-refractivity contribution in [1.29, 1.82) is 0 Å². The van der Waals surface area contributed by atoms with Crippen molar-refractivity contribution in [2.45, 2.75) is 25.6 Å². The first kappa shape index (κ1) is 18.6. The molecule has 0 aromatic heterocycles. The third-order valence-corrected chi connectivity index (χ3v) is 3.46. The number of halogens is 3. The first-order valence-corrected chi connectivity index (χ1v) is 7.63. The highest BCUT2D eigenvalue weighted by atomic mass is 19.4. The molecule has 25 heavy (non-hydrogen) atoms. The van der Waals surface area contributed by atoms with E-state index in [1.807, 2.05) is 0 Å². The van der Waals surface area contributed by atoms with Gasteiger partial charge in [0.2, 0.25) is 0 Å². The summed E-state index contributed by atoms with van der Waals surface area (Å²) in [6.45, 7) is 1.74. The van der Waals surface area contributed by atoms with Crippen LogP contribution in [0, 0.1) is 0 Å². The van der Waals surface area contributed by atoms with Crippen LogP contribution in [0.3, 0.4) is 0 Å². The highest BCUT2D eigenvalue weighted by Gasteiger charge is 2.30. The molecule has 2 aromatic carbocycles. The Labute approximate surface area is 143 Å². The van der Waals surface area contributed by atoms with Crippen molar-refractivity contribution in [1.82, 2.24) is 0 Å². The lowest BCUT2D eigenvalue weighted by molar-refractivity contribution is -0.137. The Balaban J connectivity index is 2.13. The Kier molecular flexibility index (Phi) is 5.90. The van der Waals surface area contributed by atoms with Crippen molar-refractivity contribution in [3.05, 3.63) is 54.1 Å². The summed E-state index contributed by atoms with van der Waals surface area (Å²) in [6, 6.07) is 11.3. The smallest absolute Gasteiger partial charge is 0.416 e. The van der Waals surface area contributed by atoms with E-state index in [9.17, 15) is 18.0 Å². The minimum atomic E-state index is -4.47. The predicted molar refractivity (Wildman–Crippen MR) is 87.8 cm³/mol. The third-order valence-electron chi connectivity index (χ3n) is 3.46. The highest BCUT2D eigenvalue weighted by Crippen LogP contribution is 2.31. The molecule has 1 atom stereocenters. The topological polar surface area (TPSA) is 47.6 Å². The quantitative estimate of drug-likeness (QED) is 0.831. The Hall–Kier alpha value is -2.70. The number of benzene rings is 2. The molecule has 0 saturated heterocycles. The molecule has 1 N–H and O–H groups in total. The molecule has 2 rings (SSSR count). The van der Waals surface area contributed by atoms with Gasteiger partial charge in [0.1, 0.15) is 0 Å². The fourth-order valence-corrected chi connectivity index (χ4v) is 2.19. The number of nitrogens with one attached hydrogen (secondary N) is 1. The summed E-state index contributed by atoms with van der Waals surface area (Å²) in [5.41, 5.74) is -0.772. The molecule has 0 fully saturated rings.